The summed E-state index contributed by atoms with van der Waals surface area (Å²) < 4.78 is 12.7. The average Bonchev–Trinajstić information content (AvgIpc) is 2.75. The summed E-state index contributed by atoms with van der Waals surface area (Å²) in [6.45, 7) is 1.43. The molecular weight excluding hydrogens is 377 g/mol. The Morgan fingerprint density at radius 3 is 2.33 bits per heavy atom. The van der Waals surface area contributed by atoms with E-state index in [1.165, 1.54) is 14.7 Å². The lowest BCUT2D eigenvalue weighted by molar-refractivity contribution is 0.297. The van der Waals surface area contributed by atoms with Crippen molar-refractivity contribution < 1.29 is 9.47 Å². The molecule has 0 saturated heterocycles. The predicted octanol–water partition coefficient (Wildman–Crippen LogP) is 3.76. The van der Waals surface area contributed by atoms with Gasteiger partial charge in [-0.25, -0.2) is 0 Å². The van der Waals surface area contributed by atoms with E-state index in [-0.39, 0.29) is 6.04 Å². The standard InChI is InChI=1S/C17H18INO2/c1-19-17(12-3-6-14(18)7-4-12)13-5-8-15-16(11-13)21-10-2-9-20-15/h3-8,11,17,19H,2,9-10H2,1H3. The molecular formula is C17H18INO2. The van der Waals surface area contributed by atoms with Crippen molar-refractivity contribution in [3.05, 3.63) is 57.2 Å². The summed E-state index contributed by atoms with van der Waals surface area (Å²) in [6.07, 6.45) is 0.927. The zero-order chi connectivity index (χ0) is 14.7. The summed E-state index contributed by atoms with van der Waals surface area (Å²) in [7, 11) is 1.98. The fraction of sp³-hybridized carbons (Fsp3) is 0.294. The highest BCUT2D eigenvalue weighted by molar-refractivity contribution is 14.1. The fourth-order valence-corrected chi connectivity index (χ4v) is 2.90. The van der Waals surface area contributed by atoms with Crippen molar-refractivity contribution in [1.82, 2.24) is 5.32 Å². The van der Waals surface area contributed by atoms with Crippen LogP contribution >= 0.6 is 22.6 Å². The van der Waals surface area contributed by atoms with Gasteiger partial charge in [0.15, 0.2) is 11.5 Å². The molecule has 3 rings (SSSR count). The van der Waals surface area contributed by atoms with Gasteiger partial charge in [-0.05, 0) is 65.0 Å². The van der Waals surface area contributed by atoms with Gasteiger partial charge in [0.2, 0.25) is 0 Å². The Bertz CT molecular complexity index is 613. The van der Waals surface area contributed by atoms with E-state index in [0.717, 1.165) is 24.5 Å². The fourth-order valence-electron chi connectivity index (χ4n) is 2.54. The molecule has 2 aromatic rings. The zero-order valence-corrected chi connectivity index (χ0v) is 14.1. The largest absolute Gasteiger partial charge is 0.490 e. The first-order valence-electron chi connectivity index (χ1n) is 7.10. The molecule has 0 aliphatic carbocycles. The Balaban J connectivity index is 1.93. The molecule has 1 aliphatic heterocycles. The first kappa shape index (κ1) is 14.7. The number of fused-ring (bicyclic) bond motifs is 1. The van der Waals surface area contributed by atoms with Crippen molar-refractivity contribution in [2.24, 2.45) is 0 Å². The normalized spacial score (nSPS) is 15.3. The highest BCUT2D eigenvalue weighted by Gasteiger charge is 2.16. The summed E-state index contributed by atoms with van der Waals surface area (Å²) in [5, 5.41) is 3.38. The van der Waals surface area contributed by atoms with Crippen LogP contribution in [0.3, 0.4) is 0 Å². The second kappa shape index (κ2) is 6.66. The van der Waals surface area contributed by atoms with Gasteiger partial charge in [0.1, 0.15) is 0 Å². The monoisotopic (exact) mass is 395 g/mol. The number of rotatable bonds is 3. The second-order valence-corrected chi connectivity index (χ2v) is 6.28. The van der Waals surface area contributed by atoms with Gasteiger partial charge >= 0.3 is 0 Å². The van der Waals surface area contributed by atoms with Gasteiger partial charge < -0.3 is 14.8 Å². The lowest BCUT2D eigenvalue weighted by Gasteiger charge is -2.19. The average molecular weight is 395 g/mol. The third-order valence-electron chi connectivity index (χ3n) is 3.60. The molecule has 1 atom stereocenters. The van der Waals surface area contributed by atoms with Crippen molar-refractivity contribution in [3.63, 3.8) is 0 Å². The third kappa shape index (κ3) is 3.32. The van der Waals surface area contributed by atoms with Crippen LogP contribution in [0.15, 0.2) is 42.5 Å². The van der Waals surface area contributed by atoms with E-state index in [1.54, 1.807) is 0 Å². The lowest BCUT2D eigenvalue weighted by atomic mass is 9.98. The molecule has 1 heterocycles. The maximum absolute atomic E-state index is 5.78. The number of halogens is 1. The van der Waals surface area contributed by atoms with E-state index in [2.05, 4.69) is 64.3 Å². The minimum absolute atomic E-state index is 0.152. The molecule has 0 aromatic heterocycles. The molecule has 21 heavy (non-hydrogen) atoms. The Labute approximate surface area is 138 Å². The first-order chi connectivity index (χ1) is 10.3. The molecule has 0 amide bonds. The van der Waals surface area contributed by atoms with Crippen LogP contribution in [0.25, 0.3) is 0 Å². The third-order valence-corrected chi connectivity index (χ3v) is 4.32. The van der Waals surface area contributed by atoms with E-state index < -0.39 is 0 Å². The van der Waals surface area contributed by atoms with Crippen molar-refractivity contribution >= 4 is 22.6 Å². The minimum atomic E-state index is 0.152. The molecule has 0 fully saturated rings. The predicted molar refractivity (Wildman–Crippen MR) is 92.1 cm³/mol. The Morgan fingerprint density at radius 1 is 0.952 bits per heavy atom. The zero-order valence-electron chi connectivity index (χ0n) is 11.9. The molecule has 1 N–H and O–H groups in total. The summed E-state index contributed by atoms with van der Waals surface area (Å²) >= 11 is 2.32. The second-order valence-electron chi connectivity index (χ2n) is 5.03. The molecule has 3 nitrogen and oxygen atoms in total. The minimum Gasteiger partial charge on any atom is -0.490 e. The maximum Gasteiger partial charge on any atom is 0.161 e. The van der Waals surface area contributed by atoms with E-state index in [9.17, 15) is 0 Å². The molecule has 0 spiro atoms. The van der Waals surface area contributed by atoms with Crippen LogP contribution in [-0.4, -0.2) is 20.3 Å². The van der Waals surface area contributed by atoms with Gasteiger partial charge in [0.05, 0.1) is 19.3 Å². The number of hydrogen-bond donors (Lipinski definition) is 1. The SMILES string of the molecule is CNC(c1ccc(I)cc1)c1ccc2c(c1)OCCCO2. The lowest BCUT2D eigenvalue weighted by Crippen LogP contribution is -2.17. The van der Waals surface area contributed by atoms with E-state index >= 15 is 0 Å². The maximum atomic E-state index is 5.78. The summed E-state index contributed by atoms with van der Waals surface area (Å²) in [6, 6.07) is 14.9. The molecule has 2 aromatic carbocycles. The van der Waals surface area contributed by atoms with E-state index in [1.807, 2.05) is 13.1 Å². The molecule has 0 radical (unpaired) electrons. The Hall–Kier alpha value is -1.27. The number of benzene rings is 2. The van der Waals surface area contributed by atoms with Gasteiger partial charge in [-0.1, -0.05) is 18.2 Å². The van der Waals surface area contributed by atoms with Gasteiger partial charge in [-0.2, -0.15) is 0 Å². The van der Waals surface area contributed by atoms with Crippen LogP contribution < -0.4 is 14.8 Å². The number of nitrogens with one attached hydrogen (secondary N) is 1. The molecule has 110 valence electrons. The number of ether oxygens (including phenoxy) is 2. The van der Waals surface area contributed by atoms with Crippen molar-refractivity contribution in [2.75, 3.05) is 20.3 Å². The van der Waals surface area contributed by atoms with Crippen LogP contribution in [-0.2, 0) is 0 Å². The van der Waals surface area contributed by atoms with Crippen molar-refractivity contribution in [3.8, 4) is 11.5 Å². The van der Waals surface area contributed by atoms with E-state index in [0.29, 0.717) is 6.61 Å². The van der Waals surface area contributed by atoms with Crippen LogP contribution in [0.2, 0.25) is 0 Å². The van der Waals surface area contributed by atoms with Gasteiger partial charge in [-0.3, -0.25) is 0 Å². The highest BCUT2D eigenvalue weighted by Crippen LogP contribution is 2.34. The Kier molecular flexibility index (Phi) is 4.65. The van der Waals surface area contributed by atoms with Crippen LogP contribution in [0.1, 0.15) is 23.6 Å². The molecule has 0 saturated carbocycles. The number of hydrogen-bond acceptors (Lipinski definition) is 3. The molecule has 4 heteroatoms. The first-order valence-corrected chi connectivity index (χ1v) is 8.18. The summed E-state index contributed by atoms with van der Waals surface area (Å²) in [5.74, 6) is 1.68. The topological polar surface area (TPSA) is 30.5 Å². The molecule has 0 bridgehead atoms. The molecule has 1 unspecified atom stereocenters. The van der Waals surface area contributed by atoms with Crippen LogP contribution in [0.5, 0.6) is 11.5 Å². The summed E-state index contributed by atoms with van der Waals surface area (Å²) in [4.78, 5) is 0. The van der Waals surface area contributed by atoms with Crippen LogP contribution in [0, 0.1) is 3.57 Å². The van der Waals surface area contributed by atoms with Gasteiger partial charge in [0.25, 0.3) is 0 Å². The van der Waals surface area contributed by atoms with Gasteiger partial charge in [-0.15, -0.1) is 0 Å². The smallest absolute Gasteiger partial charge is 0.161 e. The quantitative estimate of drug-likeness (QED) is 0.803. The Morgan fingerprint density at radius 2 is 1.62 bits per heavy atom. The van der Waals surface area contributed by atoms with E-state index in [4.69, 9.17) is 9.47 Å². The van der Waals surface area contributed by atoms with Crippen LogP contribution in [0.4, 0.5) is 0 Å². The van der Waals surface area contributed by atoms with Gasteiger partial charge in [0, 0.05) is 9.99 Å². The van der Waals surface area contributed by atoms with Crippen molar-refractivity contribution in [2.45, 2.75) is 12.5 Å². The molecule has 1 aliphatic rings. The van der Waals surface area contributed by atoms with Crippen molar-refractivity contribution in [1.29, 1.82) is 0 Å². The highest BCUT2D eigenvalue weighted by atomic mass is 127. The summed E-state index contributed by atoms with van der Waals surface area (Å²) in [5.41, 5.74) is 2.43.